The lowest BCUT2D eigenvalue weighted by Gasteiger charge is -2.26. The molecule has 46 heavy (non-hydrogen) atoms. The Bertz CT molecular complexity index is 1380. The molecule has 0 saturated carbocycles. The van der Waals surface area contributed by atoms with E-state index in [1.807, 2.05) is 121 Å². The maximum absolute atomic E-state index is 14.1. The van der Waals surface area contributed by atoms with Crippen molar-refractivity contribution >= 4 is 15.6 Å². The van der Waals surface area contributed by atoms with Crippen molar-refractivity contribution in [3.05, 3.63) is 144 Å². The van der Waals surface area contributed by atoms with Crippen molar-refractivity contribution in [1.82, 2.24) is 0 Å². The largest absolute Gasteiger partial charge is 0.475 e. The molecule has 0 saturated heterocycles. The third kappa shape index (κ3) is 13.4. The van der Waals surface area contributed by atoms with Crippen LogP contribution in [0.4, 0.5) is 0 Å². The van der Waals surface area contributed by atoms with Gasteiger partial charge < -0.3 is 9.47 Å². The molecule has 4 rings (SSSR count). The Labute approximate surface area is 270 Å². The van der Waals surface area contributed by atoms with Crippen LogP contribution in [0.3, 0.4) is 0 Å². The predicted octanol–water partition coefficient (Wildman–Crippen LogP) is 8.13. The average Bonchev–Trinajstić information content (AvgIpc) is 3.11. The predicted molar refractivity (Wildman–Crippen MR) is 174 cm³/mol. The van der Waals surface area contributed by atoms with Gasteiger partial charge in [0, 0.05) is 7.11 Å². The Morgan fingerprint density at radius 2 is 0.848 bits per heavy atom. The number of hydrogen-bond donors (Lipinski definition) is 0. The zero-order valence-electron chi connectivity index (χ0n) is 25.8. The Morgan fingerprint density at radius 3 is 1.22 bits per heavy atom. The molecule has 1 unspecified atom stereocenters. The minimum atomic E-state index is -4.23. The molecule has 0 amide bonds. The number of phosphoric acid groups is 2. The quantitative estimate of drug-likeness (QED) is 0.0601. The van der Waals surface area contributed by atoms with E-state index in [0.717, 1.165) is 22.3 Å². The Hall–Kier alpha value is -2.98. The van der Waals surface area contributed by atoms with E-state index in [4.69, 9.17) is 36.6 Å². The van der Waals surface area contributed by atoms with Crippen molar-refractivity contribution in [2.24, 2.45) is 0 Å². The molecule has 0 aliphatic carbocycles. The number of rotatable bonds is 22. The third-order valence-electron chi connectivity index (χ3n) is 6.36. The van der Waals surface area contributed by atoms with Crippen LogP contribution >= 0.6 is 15.6 Å². The highest BCUT2D eigenvalue weighted by molar-refractivity contribution is 7.48. The topological polar surface area (TPSA) is 108 Å². The SMILES string of the molecule is COCCOCC(COP(=O)(OCc1ccccc1)OCc1ccccc1)OP(=O)(OCc1ccccc1)OCc1ccccc1. The Kier molecular flexibility index (Phi) is 15.3. The van der Waals surface area contributed by atoms with Crippen molar-refractivity contribution in [1.29, 1.82) is 0 Å². The molecular formula is C34H40O10P2. The van der Waals surface area contributed by atoms with Crippen molar-refractivity contribution in [2.45, 2.75) is 32.5 Å². The van der Waals surface area contributed by atoms with E-state index < -0.39 is 21.7 Å². The summed E-state index contributed by atoms with van der Waals surface area (Å²) in [6, 6.07) is 36.9. The first-order valence-electron chi connectivity index (χ1n) is 14.8. The fourth-order valence-corrected chi connectivity index (χ4v) is 6.43. The standard InChI is InChI=1S/C34H40O10P2/c1-37-22-23-38-28-34(44-46(36,41-26-32-18-10-4-11-19-32)42-27-33-20-12-5-13-21-33)29-43-45(35,39-24-30-14-6-2-7-15-30)40-25-31-16-8-3-9-17-31/h2-21,34H,22-29H2,1H3. The summed E-state index contributed by atoms with van der Waals surface area (Å²) in [7, 11) is -6.86. The highest BCUT2D eigenvalue weighted by atomic mass is 31.2. The van der Waals surface area contributed by atoms with E-state index >= 15 is 0 Å². The summed E-state index contributed by atoms with van der Waals surface area (Å²) in [6.07, 6.45) is -1.05. The Morgan fingerprint density at radius 1 is 0.478 bits per heavy atom. The summed E-state index contributed by atoms with van der Waals surface area (Å²) >= 11 is 0. The van der Waals surface area contributed by atoms with Crippen LogP contribution in [0.2, 0.25) is 0 Å². The van der Waals surface area contributed by atoms with Gasteiger partial charge in [0.25, 0.3) is 0 Å². The molecule has 1 atom stereocenters. The van der Waals surface area contributed by atoms with Gasteiger partial charge in [-0.05, 0) is 22.3 Å². The van der Waals surface area contributed by atoms with Crippen LogP contribution in [-0.2, 0) is 72.2 Å². The minimum absolute atomic E-state index is 0.0262. The van der Waals surface area contributed by atoms with E-state index in [0.29, 0.717) is 6.61 Å². The van der Waals surface area contributed by atoms with Crippen LogP contribution in [0, 0.1) is 0 Å². The van der Waals surface area contributed by atoms with Gasteiger partial charge in [-0.25, -0.2) is 9.13 Å². The summed E-state index contributed by atoms with van der Waals surface area (Å²) in [4.78, 5) is 0. The molecule has 0 aliphatic heterocycles. The van der Waals surface area contributed by atoms with Gasteiger partial charge >= 0.3 is 15.6 Å². The number of methoxy groups -OCH3 is 1. The second-order valence-corrected chi connectivity index (χ2v) is 13.3. The number of benzene rings is 4. The normalized spacial score (nSPS) is 12.6. The van der Waals surface area contributed by atoms with Gasteiger partial charge in [-0.1, -0.05) is 121 Å². The number of ether oxygens (including phenoxy) is 2. The highest BCUT2D eigenvalue weighted by Crippen LogP contribution is 2.54. The minimum Gasteiger partial charge on any atom is -0.382 e. The van der Waals surface area contributed by atoms with E-state index in [9.17, 15) is 9.13 Å². The van der Waals surface area contributed by atoms with Crippen molar-refractivity contribution in [3.8, 4) is 0 Å². The van der Waals surface area contributed by atoms with Crippen LogP contribution < -0.4 is 0 Å². The van der Waals surface area contributed by atoms with Crippen LogP contribution in [0.1, 0.15) is 22.3 Å². The molecule has 0 aliphatic rings. The van der Waals surface area contributed by atoms with Crippen LogP contribution in [-0.4, -0.2) is 39.6 Å². The molecule has 4 aromatic rings. The summed E-state index contributed by atoms with van der Waals surface area (Å²) in [5, 5.41) is 0. The van der Waals surface area contributed by atoms with E-state index in [1.165, 1.54) is 0 Å². The molecular weight excluding hydrogens is 630 g/mol. The summed E-state index contributed by atoms with van der Waals surface area (Å²) < 4.78 is 73.6. The van der Waals surface area contributed by atoms with Gasteiger partial charge in [-0.2, -0.15) is 0 Å². The van der Waals surface area contributed by atoms with Crippen molar-refractivity contribution < 1.29 is 45.7 Å². The molecule has 0 radical (unpaired) electrons. The fourth-order valence-electron chi connectivity index (χ4n) is 3.94. The molecule has 0 aromatic heterocycles. The highest BCUT2D eigenvalue weighted by Gasteiger charge is 2.35. The summed E-state index contributed by atoms with van der Waals surface area (Å²) in [5.41, 5.74) is 3.09. The molecule has 12 heteroatoms. The monoisotopic (exact) mass is 670 g/mol. The maximum atomic E-state index is 14.1. The van der Waals surface area contributed by atoms with Gasteiger partial charge in [-0.15, -0.1) is 0 Å². The lowest BCUT2D eigenvalue weighted by molar-refractivity contribution is -0.0238. The number of phosphoric ester groups is 2. The van der Waals surface area contributed by atoms with Crippen LogP contribution in [0.5, 0.6) is 0 Å². The average molecular weight is 671 g/mol. The van der Waals surface area contributed by atoms with Gasteiger partial charge in [0.1, 0.15) is 6.10 Å². The zero-order chi connectivity index (χ0) is 32.3. The van der Waals surface area contributed by atoms with Gasteiger partial charge in [0.15, 0.2) is 0 Å². The summed E-state index contributed by atoms with van der Waals surface area (Å²) in [6.45, 7) is -0.0609. The Balaban J connectivity index is 1.50. The van der Waals surface area contributed by atoms with Crippen LogP contribution in [0.15, 0.2) is 121 Å². The summed E-state index contributed by atoms with van der Waals surface area (Å²) in [5.74, 6) is 0. The first-order chi connectivity index (χ1) is 22.5. The first-order valence-corrected chi connectivity index (χ1v) is 17.7. The lowest BCUT2D eigenvalue weighted by Crippen LogP contribution is -2.26. The lowest BCUT2D eigenvalue weighted by atomic mass is 10.2. The molecule has 246 valence electrons. The van der Waals surface area contributed by atoms with Crippen molar-refractivity contribution in [2.75, 3.05) is 33.5 Å². The third-order valence-corrected chi connectivity index (χ3v) is 9.16. The van der Waals surface area contributed by atoms with E-state index in [1.54, 1.807) is 7.11 Å². The smallest absolute Gasteiger partial charge is 0.382 e. The molecule has 0 spiro atoms. The van der Waals surface area contributed by atoms with Crippen molar-refractivity contribution in [3.63, 3.8) is 0 Å². The van der Waals surface area contributed by atoms with Gasteiger partial charge in [0.05, 0.1) is 52.9 Å². The first kappa shape index (κ1) is 35.9. The molecule has 4 aromatic carbocycles. The van der Waals surface area contributed by atoms with E-state index in [-0.39, 0.29) is 46.2 Å². The van der Waals surface area contributed by atoms with Gasteiger partial charge in [0.2, 0.25) is 0 Å². The molecule has 0 N–H and O–H groups in total. The van der Waals surface area contributed by atoms with Crippen LogP contribution in [0.25, 0.3) is 0 Å². The number of hydrogen-bond acceptors (Lipinski definition) is 10. The fraction of sp³-hybridized carbons (Fsp3) is 0.294. The second kappa shape index (κ2) is 19.6. The maximum Gasteiger partial charge on any atom is 0.475 e. The molecule has 10 nitrogen and oxygen atoms in total. The zero-order valence-corrected chi connectivity index (χ0v) is 27.5. The second-order valence-electron chi connectivity index (χ2n) is 10.0. The molecule has 0 bridgehead atoms. The molecule has 0 heterocycles. The molecule has 0 fully saturated rings. The van der Waals surface area contributed by atoms with Gasteiger partial charge in [-0.3, -0.25) is 27.1 Å². The van der Waals surface area contributed by atoms with E-state index in [2.05, 4.69) is 0 Å².